The third-order valence-corrected chi connectivity index (χ3v) is 1.89. The van der Waals surface area contributed by atoms with E-state index in [0.717, 1.165) is 26.4 Å². The third-order valence-electron chi connectivity index (χ3n) is 1.89. The van der Waals surface area contributed by atoms with Gasteiger partial charge in [0.15, 0.2) is 0 Å². The highest BCUT2D eigenvalue weighted by Gasteiger charge is 1.84. The lowest BCUT2D eigenvalue weighted by Gasteiger charge is -1.99. The zero-order chi connectivity index (χ0) is 26.0. The maximum atomic E-state index is 7.62. The molecule has 0 spiro atoms. The molecule has 0 fully saturated rings. The Morgan fingerprint density at radius 1 is 0.548 bits per heavy atom. The lowest BCUT2D eigenvalue weighted by Crippen LogP contribution is -1.95. The highest BCUT2D eigenvalue weighted by molar-refractivity contribution is 4.52. The van der Waals surface area contributed by atoms with E-state index in [1.807, 2.05) is 34.6 Å². The first kappa shape index (κ1) is 47.7. The van der Waals surface area contributed by atoms with Gasteiger partial charge in [0, 0.05) is 26.4 Å². The van der Waals surface area contributed by atoms with Gasteiger partial charge in [-0.2, -0.15) is 0 Å². The van der Waals surface area contributed by atoms with E-state index in [-0.39, 0.29) is 26.4 Å². The van der Waals surface area contributed by atoms with Crippen LogP contribution in [0.3, 0.4) is 0 Å². The van der Waals surface area contributed by atoms with Gasteiger partial charge < -0.3 is 29.9 Å². The van der Waals surface area contributed by atoms with E-state index in [4.69, 9.17) is 29.9 Å². The largest absolute Gasteiger partial charge is 0.394 e. The van der Waals surface area contributed by atoms with Gasteiger partial charge in [-0.3, -0.25) is 0 Å². The number of ether oxygens (including phenoxy) is 2. The molecule has 194 valence electrons. The Morgan fingerprint density at radius 2 is 0.774 bits per heavy atom. The van der Waals surface area contributed by atoms with Gasteiger partial charge in [0.2, 0.25) is 0 Å². The molecule has 31 heavy (non-hydrogen) atoms. The van der Waals surface area contributed by atoms with Crippen LogP contribution < -0.4 is 0 Å². The fourth-order valence-electron chi connectivity index (χ4n) is 0.799. The number of allylic oxidation sites excluding steroid dienone is 3. The van der Waals surface area contributed by atoms with E-state index in [9.17, 15) is 0 Å². The molecule has 0 saturated heterocycles. The van der Waals surface area contributed by atoms with Crippen LogP contribution in [0.2, 0.25) is 0 Å². The van der Waals surface area contributed by atoms with Crippen molar-refractivity contribution in [2.75, 3.05) is 52.9 Å². The molecule has 0 heterocycles. The molecule has 4 N–H and O–H groups in total. The Balaban J connectivity index is -0.0000000458. The molecule has 0 aliphatic heterocycles. The molecular weight excluding hydrogens is 396 g/mol. The fourth-order valence-corrected chi connectivity index (χ4v) is 0.799. The van der Waals surface area contributed by atoms with Crippen LogP contribution in [0, 0.1) is 0 Å². The summed E-state index contributed by atoms with van der Waals surface area (Å²) in [5.74, 6) is 0. The van der Waals surface area contributed by atoms with Crippen molar-refractivity contribution >= 4 is 0 Å². The SMILES string of the molecule is C=CC.C=CC.C=CC.CCCCOCCCC.CCOCC.OCCO.OCCO. The van der Waals surface area contributed by atoms with E-state index >= 15 is 0 Å². The van der Waals surface area contributed by atoms with E-state index < -0.39 is 0 Å². The van der Waals surface area contributed by atoms with Crippen LogP contribution in [0.25, 0.3) is 0 Å². The molecule has 0 atom stereocenters. The van der Waals surface area contributed by atoms with Crippen molar-refractivity contribution in [3.63, 3.8) is 0 Å². The van der Waals surface area contributed by atoms with Gasteiger partial charge in [-0.1, -0.05) is 44.9 Å². The van der Waals surface area contributed by atoms with Crippen molar-refractivity contribution in [1.82, 2.24) is 0 Å². The maximum absolute atomic E-state index is 7.62. The molecule has 0 rings (SSSR count). The summed E-state index contributed by atoms with van der Waals surface area (Å²) in [6.07, 6.45) is 10.2. The van der Waals surface area contributed by atoms with Gasteiger partial charge in [-0.25, -0.2) is 0 Å². The van der Waals surface area contributed by atoms with Gasteiger partial charge in [0.05, 0.1) is 26.4 Å². The van der Waals surface area contributed by atoms with Gasteiger partial charge in [0.1, 0.15) is 0 Å². The van der Waals surface area contributed by atoms with Crippen molar-refractivity contribution in [2.45, 2.75) is 74.1 Å². The standard InChI is InChI=1S/C8H18O.C4H10O.3C3H6.2C2H6O2/c1-3-5-7-9-8-6-4-2;1-3-5-4-2;3*1-3-2;2*3-1-2-4/h3-8H2,1-2H3;3-4H2,1-2H3;3*3H,1H2,2H3;2*3-4H,1-2H2. The van der Waals surface area contributed by atoms with E-state index in [1.165, 1.54) is 25.7 Å². The summed E-state index contributed by atoms with van der Waals surface area (Å²) in [6.45, 7) is 27.2. The van der Waals surface area contributed by atoms with E-state index in [0.29, 0.717) is 0 Å². The number of unbranched alkanes of at least 4 members (excludes halogenated alkanes) is 2. The summed E-state index contributed by atoms with van der Waals surface area (Å²) in [4.78, 5) is 0. The summed E-state index contributed by atoms with van der Waals surface area (Å²) in [6, 6.07) is 0. The van der Waals surface area contributed by atoms with Gasteiger partial charge in [-0.15, -0.1) is 19.7 Å². The Bertz CT molecular complexity index is 194. The predicted molar refractivity (Wildman–Crippen MR) is 139 cm³/mol. The minimum atomic E-state index is -0.125. The van der Waals surface area contributed by atoms with Crippen molar-refractivity contribution < 1.29 is 29.9 Å². The van der Waals surface area contributed by atoms with Crippen LogP contribution in [-0.4, -0.2) is 73.3 Å². The lowest BCUT2D eigenvalue weighted by atomic mass is 10.3. The molecule has 6 nitrogen and oxygen atoms in total. The topological polar surface area (TPSA) is 99.4 Å². The number of aliphatic hydroxyl groups is 4. The Hall–Kier alpha value is -1.02. The molecule has 0 amide bonds. The molecular formula is C25H58O6. The number of hydrogen-bond donors (Lipinski definition) is 4. The molecule has 6 heteroatoms. The Morgan fingerprint density at radius 3 is 0.871 bits per heavy atom. The second-order valence-corrected chi connectivity index (χ2v) is 5.22. The highest BCUT2D eigenvalue weighted by atomic mass is 16.5. The van der Waals surface area contributed by atoms with E-state index in [1.54, 1.807) is 18.2 Å². The summed E-state index contributed by atoms with van der Waals surface area (Å²) in [5, 5.41) is 30.5. The monoisotopic (exact) mass is 454 g/mol. The van der Waals surface area contributed by atoms with Crippen molar-refractivity contribution in [1.29, 1.82) is 0 Å². The zero-order valence-corrected chi connectivity index (χ0v) is 21.9. The lowest BCUT2D eigenvalue weighted by molar-refractivity contribution is 0.128. The molecule has 0 radical (unpaired) electrons. The average Bonchev–Trinajstić information content (AvgIpc) is 2.77. The van der Waals surface area contributed by atoms with Crippen LogP contribution >= 0.6 is 0 Å². The first-order valence-electron chi connectivity index (χ1n) is 11.2. The van der Waals surface area contributed by atoms with Crippen LogP contribution in [-0.2, 0) is 9.47 Å². The second kappa shape index (κ2) is 88.8. The molecule has 0 unspecified atom stereocenters. The second-order valence-electron chi connectivity index (χ2n) is 5.22. The van der Waals surface area contributed by atoms with Crippen LogP contribution in [0.4, 0.5) is 0 Å². The van der Waals surface area contributed by atoms with E-state index in [2.05, 4.69) is 33.6 Å². The summed E-state index contributed by atoms with van der Waals surface area (Å²) < 4.78 is 10.1. The van der Waals surface area contributed by atoms with Crippen molar-refractivity contribution in [3.8, 4) is 0 Å². The molecule has 0 aromatic heterocycles. The van der Waals surface area contributed by atoms with Gasteiger partial charge in [-0.05, 0) is 47.5 Å². The Kier molecular flexibility index (Phi) is 137. The number of hydrogen-bond acceptors (Lipinski definition) is 6. The number of rotatable bonds is 10. The summed E-state index contributed by atoms with van der Waals surface area (Å²) in [7, 11) is 0. The number of aliphatic hydroxyl groups excluding tert-OH is 4. The molecule has 0 saturated carbocycles. The predicted octanol–water partition coefficient (Wildman–Crippen LogP) is 5.16. The zero-order valence-electron chi connectivity index (χ0n) is 21.9. The van der Waals surface area contributed by atoms with Crippen molar-refractivity contribution in [2.24, 2.45) is 0 Å². The van der Waals surface area contributed by atoms with Crippen molar-refractivity contribution in [3.05, 3.63) is 38.0 Å². The van der Waals surface area contributed by atoms with Crippen LogP contribution in [0.1, 0.15) is 74.1 Å². The third kappa shape index (κ3) is 262. The molecule has 0 aromatic rings. The quantitative estimate of drug-likeness (QED) is 0.269. The van der Waals surface area contributed by atoms with Crippen LogP contribution in [0.15, 0.2) is 38.0 Å². The average molecular weight is 455 g/mol. The Labute approximate surface area is 195 Å². The molecule has 0 aliphatic rings. The smallest absolute Gasteiger partial charge is 0.0662 e. The maximum Gasteiger partial charge on any atom is 0.0662 e. The fraction of sp³-hybridized carbons (Fsp3) is 0.760. The minimum absolute atomic E-state index is 0.125. The first-order valence-corrected chi connectivity index (χ1v) is 11.2. The normalized spacial score (nSPS) is 7.45. The van der Waals surface area contributed by atoms with Gasteiger partial charge >= 0.3 is 0 Å². The van der Waals surface area contributed by atoms with Gasteiger partial charge in [0.25, 0.3) is 0 Å². The summed E-state index contributed by atoms with van der Waals surface area (Å²) >= 11 is 0. The molecule has 0 aromatic carbocycles. The molecule has 0 aliphatic carbocycles. The highest BCUT2D eigenvalue weighted by Crippen LogP contribution is 1.91. The van der Waals surface area contributed by atoms with Crippen LogP contribution in [0.5, 0.6) is 0 Å². The summed E-state index contributed by atoms with van der Waals surface area (Å²) in [5.41, 5.74) is 0. The first-order chi connectivity index (χ1) is 14.9. The minimum Gasteiger partial charge on any atom is -0.394 e. The molecule has 0 bridgehead atoms.